The molecular weight excluding hydrogens is 512 g/mol. The molecule has 2 aromatic carbocycles. The Morgan fingerprint density at radius 2 is 1.92 bits per heavy atom. The first-order chi connectivity index (χ1) is 18.9. The van der Waals surface area contributed by atoms with Crippen LogP contribution in [0, 0.1) is 0 Å². The number of allylic oxidation sites excluding steroid dienone is 2. The Bertz CT molecular complexity index is 1700. The predicted octanol–water partition coefficient (Wildman–Crippen LogP) is 2.08. The van der Waals surface area contributed by atoms with E-state index in [-0.39, 0.29) is 18.0 Å². The van der Waals surface area contributed by atoms with E-state index in [1.807, 2.05) is 62.5 Å². The predicted molar refractivity (Wildman–Crippen MR) is 158 cm³/mol. The first kappa shape index (κ1) is 28.4. The van der Waals surface area contributed by atoms with Gasteiger partial charge in [-0.25, -0.2) is 23.1 Å². The van der Waals surface area contributed by atoms with Gasteiger partial charge in [-0.2, -0.15) is 0 Å². The molecule has 0 bridgehead atoms. The average molecular weight is 549 g/mol. The molecule has 0 fully saturated rings. The average Bonchev–Trinajstić information content (AvgIpc) is 3.29. The highest BCUT2D eigenvalue weighted by Gasteiger charge is 2.17. The number of anilines is 1. The molecule has 0 aliphatic rings. The van der Waals surface area contributed by atoms with Crippen LogP contribution < -0.4 is 26.2 Å². The van der Waals surface area contributed by atoms with E-state index in [9.17, 15) is 8.42 Å². The highest BCUT2D eigenvalue weighted by atomic mass is 32.2. The molecule has 0 amide bonds. The van der Waals surface area contributed by atoms with Crippen molar-refractivity contribution in [3.63, 3.8) is 0 Å². The highest BCUT2D eigenvalue weighted by Crippen LogP contribution is 2.29. The molecule has 0 aliphatic heterocycles. The fourth-order valence-electron chi connectivity index (χ4n) is 4.53. The Hall–Kier alpha value is -3.57. The summed E-state index contributed by atoms with van der Waals surface area (Å²) in [6.07, 6.45) is 7.27. The molecule has 4 rings (SSSR count). The van der Waals surface area contributed by atoms with Crippen LogP contribution in [0.1, 0.15) is 19.2 Å². The third kappa shape index (κ3) is 6.54. The van der Waals surface area contributed by atoms with Gasteiger partial charge in [-0.1, -0.05) is 55.1 Å². The number of nitrogens with two attached hydrogens (primary N) is 1. The van der Waals surface area contributed by atoms with Crippen LogP contribution in [0.15, 0.2) is 59.5 Å². The third-order valence-electron chi connectivity index (χ3n) is 6.44. The van der Waals surface area contributed by atoms with Gasteiger partial charge in [0, 0.05) is 24.9 Å². The molecule has 10 heteroatoms. The number of nitrogen functional groups attached to an aromatic ring is 1. The Labute approximate surface area is 229 Å². The van der Waals surface area contributed by atoms with Crippen molar-refractivity contribution in [1.29, 1.82) is 0 Å². The molecule has 0 saturated carbocycles. The minimum Gasteiger partial charge on any atom is -0.382 e. The lowest BCUT2D eigenvalue weighted by Gasteiger charge is -2.12. The number of rotatable bonds is 13. The summed E-state index contributed by atoms with van der Waals surface area (Å²) in [7, 11) is -1.80. The zero-order valence-electron chi connectivity index (χ0n) is 22.5. The van der Waals surface area contributed by atoms with Crippen LogP contribution in [0.2, 0.25) is 0 Å². The molecule has 2 heterocycles. The van der Waals surface area contributed by atoms with Gasteiger partial charge < -0.3 is 20.4 Å². The van der Waals surface area contributed by atoms with Crippen molar-refractivity contribution in [1.82, 2.24) is 24.6 Å². The largest absolute Gasteiger partial charge is 0.382 e. The first-order valence-electron chi connectivity index (χ1n) is 13.0. The summed E-state index contributed by atoms with van der Waals surface area (Å²) in [6.45, 7) is 8.05. The van der Waals surface area contributed by atoms with Gasteiger partial charge in [0.2, 0.25) is 10.0 Å². The molecule has 206 valence electrons. The Morgan fingerprint density at radius 1 is 1.10 bits per heavy atom. The minimum atomic E-state index is -3.72. The van der Waals surface area contributed by atoms with Crippen molar-refractivity contribution in [3.05, 3.63) is 70.9 Å². The molecule has 0 unspecified atom stereocenters. The second-order valence-electron chi connectivity index (χ2n) is 9.12. The normalized spacial score (nSPS) is 12.8. The van der Waals surface area contributed by atoms with Gasteiger partial charge in [0.05, 0.1) is 29.1 Å². The van der Waals surface area contributed by atoms with Crippen LogP contribution in [-0.2, 0) is 27.7 Å². The molecule has 0 radical (unpaired) electrons. The number of hydrogen-bond donors (Lipinski definition) is 3. The van der Waals surface area contributed by atoms with Crippen LogP contribution in [0.25, 0.3) is 34.6 Å². The van der Waals surface area contributed by atoms with E-state index in [4.69, 9.17) is 15.5 Å². The zero-order chi connectivity index (χ0) is 27.8. The zero-order valence-corrected chi connectivity index (χ0v) is 23.3. The fourth-order valence-corrected chi connectivity index (χ4v) is 5.74. The molecule has 2 aromatic heterocycles. The molecule has 4 aromatic rings. The van der Waals surface area contributed by atoms with Crippen molar-refractivity contribution < 1.29 is 13.2 Å². The van der Waals surface area contributed by atoms with Gasteiger partial charge in [-0.3, -0.25) is 0 Å². The number of nitrogens with zero attached hydrogens (tertiary/aromatic N) is 3. The van der Waals surface area contributed by atoms with Crippen molar-refractivity contribution >= 4 is 50.4 Å². The topological polar surface area (TPSA) is 124 Å². The van der Waals surface area contributed by atoms with Crippen molar-refractivity contribution in [3.8, 4) is 0 Å². The van der Waals surface area contributed by atoms with Crippen LogP contribution in [0.5, 0.6) is 0 Å². The van der Waals surface area contributed by atoms with Crippen LogP contribution in [0.3, 0.4) is 0 Å². The summed E-state index contributed by atoms with van der Waals surface area (Å²) in [5.41, 5.74) is 8.74. The summed E-state index contributed by atoms with van der Waals surface area (Å²) in [4.78, 5) is 9.53. The lowest BCUT2D eigenvalue weighted by Crippen LogP contribution is -2.35. The van der Waals surface area contributed by atoms with Gasteiger partial charge in [0.1, 0.15) is 11.3 Å². The molecule has 0 aliphatic carbocycles. The standard InChI is InChI=1S/C29H36N6O3S/c1-4-5-10-22-11-8-14-25(21(22)2)39(36,37)32-17-19-38-20-18-35-26(15-9-16-31-3)34-27-28(35)23-12-6-7-13-24(23)33-29(27)30/h4-8,10-14,31-32H,2,9,15-20H2,1,3H3,(H2,30,33)/b5-4-,22-10-. The number of benzene rings is 2. The van der Waals surface area contributed by atoms with Gasteiger partial charge in [-0.15, -0.1) is 0 Å². The van der Waals surface area contributed by atoms with Gasteiger partial charge >= 0.3 is 0 Å². The Balaban J connectivity index is 1.44. The summed E-state index contributed by atoms with van der Waals surface area (Å²) in [6, 6.07) is 13.0. The van der Waals surface area contributed by atoms with Gasteiger partial charge in [0.15, 0.2) is 5.82 Å². The van der Waals surface area contributed by atoms with Gasteiger partial charge in [-0.05, 0) is 49.5 Å². The number of pyridine rings is 1. The van der Waals surface area contributed by atoms with Crippen LogP contribution in [0.4, 0.5) is 5.82 Å². The number of nitrogens with one attached hydrogen (secondary N) is 2. The Morgan fingerprint density at radius 3 is 2.72 bits per heavy atom. The van der Waals surface area contributed by atoms with Gasteiger partial charge in [0.25, 0.3) is 0 Å². The monoisotopic (exact) mass is 548 g/mol. The second-order valence-corrected chi connectivity index (χ2v) is 10.9. The lowest BCUT2D eigenvalue weighted by molar-refractivity contribution is 0.131. The van der Waals surface area contributed by atoms with E-state index < -0.39 is 10.0 Å². The van der Waals surface area contributed by atoms with E-state index in [0.29, 0.717) is 29.7 Å². The van der Waals surface area contributed by atoms with E-state index in [1.54, 1.807) is 12.1 Å². The summed E-state index contributed by atoms with van der Waals surface area (Å²) < 4.78 is 36.4. The molecule has 0 atom stereocenters. The molecule has 4 N–H and O–H groups in total. The summed E-state index contributed by atoms with van der Waals surface area (Å²) >= 11 is 0. The minimum absolute atomic E-state index is 0.143. The summed E-state index contributed by atoms with van der Waals surface area (Å²) in [5, 5.41) is 5.38. The second kappa shape index (κ2) is 13.0. The van der Waals surface area contributed by atoms with E-state index in [2.05, 4.69) is 26.2 Å². The molecule has 39 heavy (non-hydrogen) atoms. The first-order valence-corrected chi connectivity index (χ1v) is 14.5. The van der Waals surface area contributed by atoms with Crippen LogP contribution in [-0.4, -0.2) is 56.3 Å². The third-order valence-corrected chi connectivity index (χ3v) is 7.99. The molecular formula is C29H36N6O3S. The number of aromatic nitrogens is 3. The summed E-state index contributed by atoms with van der Waals surface area (Å²) in [5.74, 6) is 1.33. The van der Waals surface area contributed by atoms with Crippen LogP contribution >= 0.6 is 0 Å². The lowest BCUT2D eigenvalue weighted by atomic mass is 10.2. The maximum absolute atomic E-state index is 12.9. The SMILES string of the molecule is C=c1c(S(=O)(=O)NCCOCCn2c(CCCNC)nc3c(N)nc4ccccc4c32)ccc/c1=C/C=C\C. The Kier molecular flexibility index (Phi) is 9.47. The fraction of sp³-hybridized carbons (Fsp3) is 0.310. The van der Waals surface area contributed by atoms with E-state index in [0.717, 1.165) is 46.8 Å². The number of ether oxygens (including phenoxy) is 1. The number of imidazole rings is 1. The maximum atomic E-state index is 12.9. The highest BCUT2D eigenvalue weighted by molar-refractivity contribution is 7.89. The number of hydrogen-bond acceptors (Lipinski definition) is 7. The van der Waals surface area contributed by atoms with E-state index >= 15 is 0 Å². The number of para-hydroxylation sites is 1. The quantitative estimate of drug-likeness (QED) is 0.219. The maximum Gasteiger partial charge on any atom is 0.241 e. The molecule has 0 spiro atoms. The van der Waals surface area contributed by atoms with Crippen molar-refractivity contribution in [2.45, 2.75) is 31.2 Å². The number of fused-ring (bicyclic) bond motifs is 3. The number of aryl methyl sites for hydroxylation is 1. The van der Waals surface area contributed by atoms with Crippen molar-refractivity contribution in [2.75, 3.05) is 39.1 Å². The smallest absolute Gasteiger partial charge is 0.241 e. The molecule has 0 saturated heterocycles. The van der Waals surface area contributed by atoms with E-state index in [1.165, 1.54) is 0 Å². The number of sulfonamides is 1. The molecule has 9 nitrogen and oxygen atoms in total. The van der Waals surface area contributed by atoms with Crippen molar-refractivity contribution in [2.24, 2.45) is 0 Å².